The van der Waals surface area contributed by atoms with Crippen molar-refractivity contribution in [2.24, 2.45) is 0 Å². The lowest BCUT2D eigenvalue weighted by molar-refractivity contribution is 0.866. The van der Waals surface area contributed by atoms with E-state index in [-0.39, 0.29) is 5.56 Å². The van der Waals surface area contributed by atoms with Crippen LogP contribution in [0.5, 0.6) is 0 Å². The fraction of sp³-hybridized carbons (Fsp3) is 0.143. The zero-order valence-corrected chi connectivity index (χ0v) is 12.3. The highest BCUT2D eigenvalue weighted by Crippen LogP contribution is 2.12. The minimum absolute atomic E-state index is 0.265. The van der Waals surface area contributed by atoms with Crippen LogP contribution in [0.25, 0.3) is 11.0 Å². The summed E-state index contributed by atoms with van der Waals surface area (Å²) in [6.07, 6.45) is 2.81. The molecule has 0 spiro atoms. The van der Waals surface area contributed by atoms with Crippen LogP contribution in [-0.2, 0) is 0 Å². The van der Waals surface area contributed by atoms with Gasteiger partial charge in [0.1, 0.15) is 6.20 Å². The first-order chi connectivity index (χ1) is 10.0. The fourth-order valence-electron chi connectivity index (χ4n) is 1.89. The molecule has 1 aromatic carbocycles. The highest BCUT2D eigenvalue weighted by atomic mass is 32.1. The number of hydrogen-bond acceptors (Lipinski definition) is 6. The second kappa shape index (κ2) is 5.10. The molecule has 0 fully saturated rings. The van der Waals surface area contributed by atoms with Gasteiger partial charge in [0.15, 0.2) is 0 Å². The first-order valence-electron chi connectivity index (χ1n) is 6.22. The molecular formula is C14H12N4O2S. The topological polar surface area (TPSA) is 67.6 Å². The minimum Gasteiger partial charge on any atom is -0.378 e. The van der Waals surface area contributed by atoms with E-state index in [1.807, 2.05) is 43.3 Å². The van der Waals surface area contributed by atoms with Gasteiger partial charge in [-0.1, -0.05) is 23.5 Å². The Hall–Kier alpha value is -2.54. The normalized spacial score (nSPS) is 12.0. The third kappa shape index (κ3) is 2.55. The van der Waals surface area contributed by atoms with E-state index in [1.54, 1.807) is 6.08 Å². The predicted octanol–water partition coefficient (Wildman–Crippen LogP) is 0.125. The van der Waals surface area contributed by atoms with Crippen LogP contribution in [0.4, 0.5) is 5.69 Å². The maximum Gasteiger partial charge on any atom is 0.292 e. The summed E-state index contributed by atoms with van der Waals surface area (Å²) in [5.41, 5.74) is 1.28. The number of nitrogens with zero attached hydrogens (tertiary/aromatic N) is 4. The lowest BCUT2D eigenvalue weighted by atomic mass is 10.2. The molecular weight excluding hydrogens is 288 g/mol. The fourth-order valence-corrected chi connectivity index (χ4v) is 2.81. The number of rotatable bonds is 2. The van der Waals surface area contributed by atoms with E-state index in [1.165, 1.54) is 0 Å². The van der Waals surface area contributed by atoms with Crippen LogP contribution in [0.1, 0.15) is 5.56 Å². The van der Waals surface area contributed by atoms with Gasteiger partial charge in [0.05, 0.1) is 4.53 Å². The van der Waals surface area contributed by atoms with Crippen molar-refractivity contribution in [3.05, 3.63) is 61.3 Å². The minimum atomic E-state index is -0.446. The maximum atomic E-state index is 12.1. The lowest BCUT2D eigenvalue weighted by Gasteiger charge is -2.11. The second-order valence-corrected chi connectivity index (χ2v) is 5.70. The Kier molecular flexibility index (Phi) is 3.26. The monoisotopic (exact) mass is 300 g/mol. The van der Waals surface area contributed by atoms with E-state index in [0.717, 1.165) is 33.3 Å². The molecule has 0 aliphatic heterocycles. The summed E-state index contributed by atoms with van der Waals surface area (Å²) in [5, 5.41) is 3.79. The van der Waals surface area contributed by atoms with Gasteiger partial charge in [-0.05, 0) is 23.8 Å². The summed E-state index contributed by atoms with van der Waals surface area (Å²) >= 11 is 1.15. The predicted molar refractivity (Wildman–Crippen MR) is 83.0 cm³/mol. The molecule has 0 saturated carbocycles. The summed E-state index contributed by atoms with van der Waals surface area (Å²) in [6, 6.07) is 7.82. The van der Waals surface area contributed by atoms with Gasteiger partial charge in [0.25, 0.3) is 11.1 Å². The quantitative estimate of drug-likeness (QED) is 0.673. The van der Waals surface area contributed by atoms with E-state index in [2.05, 4.69) is 10.1 Å². The number of hydrogen-bond donors (Lipinski definition) is 0. The molecule has 0 N–H and O–H groups in total. The Balaban J connectivity index is 2.13. The molecule has 2 aromatic heterocycles. The standard InChI is InChI=1S/C14H12N4O2S/c1-17(2)10-5-3-9(4-6-10)7-11-13(20)18-14(21-11)16-12(19)8-15-18/h3-8H,1-2H3/b11-7-. The van der Waals surface area contributed by atoms with Crippen molar-refractivity contribution in [3.63, 3.8) is 0 Å². The number of fused-ring (bicyclic) bond motifs is 1. The molecule has 7 heteroatoms. The summed E-state index contributed by atoms with van der Waals surface area (Å²) < 4.78 is 1.64. The average Bonchev–Trinajstić information content (AvgIpc) is 2.75. The molecule has 2 heterocycles. The first-order valence-corrected chi connectivity index (χ1v) is 7.04. The Morgan fingerprint density at radius 1 is 1.19 bits per heavy atom. The highest BCUT2D eigenvalue weighted by Gasteiger charge is 2.05. The van der Waals surface area contributed by atoms with Gasteiger partial charge < -0.3 is 4.90 Å². The largest absolute Gasteiger partial charge is 0.378 e. The van der Waals surface area contributed by atoms with Gasteiger partial charge in [-0.15, -0.1) is 0 Å². The second-order valence-electron chi connectivity index (χ2n) is 4.69. The van der Waals surface area contributed by atoms with Crippen LogP contribution >= 0.6 is 11.3 Å². The molecule has 0 radical (unpaired) electrons. The molecule has 106 valence electrons. The summed E-state index contributed by atoms with van der Waals surface area (Å²) in [4.78, 5) is 29.4. The van der Waals surface area contributed by atoms with Crippen LogP contribution in [0.3, 0.4) is 0 Å². The van der Waals surface area contributed by atoms with Crippen molar-refractivity contribution in [1.82, 2.24) is 14.6 Å². The lowest BCUT2D eigenvalue weighted by Crippen LogP contribution is -2.25. The van der Waals surface area contributed by atoms with Crippen molar-refractivity contribution in [1.29, 1.82) is 0 Å². The third-order valence-corrected chi connectivity index (χ3v) is 3.94. The zero-order valence-electron chi connectivity index (χ0n) is 11.5. The number of aromatic nitrogens is 3. The van der Waals surface area contributed by atoms with E-state index < -0.39 is 5.56 Å². The van der Waals surface area contributed by atoms with Gasteiger partial charge >= 0.3 is 0 Å². The van der Waals surface area contributed by atoms with Gasteiger partial charge in [0.2, 0.25) is 4.96 Å². The van der Waals surface area contributed by atoms with E-state index >= 15 is 0 Å². The Bertz CT molecular complexity index is 957. The van der Waals surface area contributed by atoms with E-state index in [4.69, 9.17) is 0 Å². The molecule has 0 atom stereocenters. The van der Waals surface area contributed by atoms with Gasteiger partial charge in [-0.2, -0.15) is 14.6 Å². The number of anilines is 1. The SMILES string of the molecule is CN(C)c1ccc(/C=c2\sc3nc(=O)cnn3c2=O)cc1. The molecule has 3 aromatic rings. The van der Waals surface area contributed by atoms with Crippen molar-refractivity contribution in [2.45, 2.75) is 0 Å². The van der Waals surface area contributed by atoms with Crippen LogP contribution in [0.2, 0.25) is 0 Å². The van der Waals surface area contributed by atoms with Gasteiger partial charge in [-0.25, -0.2) is 0 Å². The average molecular weight is 300 g/mol. The molecule has 6 nitrogen and oxygen atoms in total. The van der Waals surface area contributed by atoms with E-state index in [0.29, 0.717) is 9.49 Å². The molecule has 0 aliphatic rings. The Labute approximate surface area is 123 Å². The van der Waals surface area contributed by atoms with Crippen molar-refractivity contribution < 1.29 is 0 Å². The number of benzene rings is 1. The highest BCUT2D eigenvalue weighted by molar-refractivity contribution is 7.15. The van der Waals surface area contributed by atoms with E-state index in [9.17, 15) is 9.59 Å². The van der Waals surface area contributed by atoms with Crippen LogP contribution in [-0.4, -0.2) is 28.7 Å². The molecule has 0 unspecified atom stereocenters. The summed E-state index contributed by atoms with van der Waals surface area (Å²) in [6.45, 7) is 0. The van der Waals surface area contributed by atoms with Crippen molar-refractivity contribution in [3.8, 4) is 0 Å². The van der Waals surface area contributed by atoms with Crippen LogP contribution in [0.15, 0.2) is 40.1 Å². The Morgan fingerprint density at radius 2 is 1.90 bits per heavy atom. The first kappa shape index (κ1) is 13.4. The molecule has 21 heavy (non-hydrogen) atoms. The molecule has 0 amide bonds. The molecule has 0 bridgehead atoms. The number of thiazole rings is 1. The smallest absolute Gasteiger partial charge is 0.292 e. The maximum absolute atomic E-state index is 12.1. The molecule has 0 aliphatic carbocycles. The van der Waals surface area contributed by atoms with Gasteiger partial charge in [0, 0.05) is 19.8 Å². The van der Waals surface area contributed by atoms with Crippen molar-refractivity contribution >= 4 is 28.1 Å². The van der Waals surface area contributed by atoms with Crippen LogP contribution in [0, 0.1) is 0 Å². The third-order valence-electron chi connectivity index (χ3n) is 2.98. The van der Waals surface area contributed by atoms with Crippen LogP contribution < -0.4 is 20.6 Å². The Morgan fingerprint density at radius 3 is 2.57 bits per heavy atom. The molecule has 3 rings (SSSR count). The van der Waals surface area contributed by atoms with Gasteiger partial charge in [-0.3, -0.25) is 9.59 Å². The zero-order chi connectivity index (χ0) is 15.0. The summed E-state index contributed by atoms with van der Waals surface area (Å²) in [5.74, 6) is 0. The summed E-state index contributed by atoms with van der Waals surface area (Å²) in [7, 11) is 3.93. The molecule has 0 saturated heterocycles. The van der Waals surface area contributed by atoms with Crippen molar-refractivity contribution in [2.75, 3.05) is 19.0 Å².